The number of hydrogen-bond donors (Lipinski definition) is 1. The highest BCUT2D eigenvalue weighted by atomic mass is 127. The molecule has 1 N–H and O–H groups in total. The van der Waals surface area contributed by atoms with Gasteiger partial charge in [-0.05, 0) is 24.5 Å². The maximum absolute atomic E-state index is 11.5. The summed E-state index contributed by atoms with van der Waals surface area (Å²) in [6.07, 6.45) is 1.92. The second-order valence-corrected chi connectivity index (χ2v) is 4.66. The van der Waals surface area contributed by atoms with Gasteiger partial charge in [0.15, 0.2) is 0 Å². The Labute approximate surface area is 105 Å². The minimum atomic E-state index is 0.102. The van der Waals surface area contributed by atoms with Crippen LogP contribution in [0.25, 0.3) is 0 Å². The first-order valence-electron chi connectivity index (χ1n) is 5.30. The average Bonchev–Trinajstić information content (AvgIpc) is 2.43. The van der Waals surface area contributed by atoms with Crippen LogP contribution in [0.4, 0.5) is 5.69 Å². The molecule has 0 saturated carbocycles. The number of hydrogen-bond acceptors (Lipinski definition) is 1. The first-order valence-corrected chi connectivity index (χ1v) is 6.55. The van der Waals surface area contributed by atoms with Gasteiger partial charge < -0.3 is 5.32 Å². The third-order valence-electron chi connectivity index (χ3n) is 2.23. The van der Waals surface area contributed by atoms with Crippen molar-refractivity contribution in [3.05, 3.63) is 29.8 Å². The number of carbonyl (C=O) groups is 1. The van der Waals surface area contributed by atoms with Crippen LogP contribution in [0, 0.1) is 0 Å². The van der Waals surface area contributed by atoms with E-state index in [4.69, 9.17) is 0 Å². The van der Waals surface area contributed by atoms with Crippen LogP contribution >= 0.6 is 22.6 Å². The number of para-hydroxylation sites is 1. The molecule has 1 unspecified atom stereocenters. The maximum atomic E-state index is 11.5. The summed E-state index contributed by atoms with van der Waals surface area (Å²) in [7, 11) is 0. The van der Waals surface area contributed by atoms with Gasteiger partial charge in [0, 0.05) is 5.69 Å². The van der Waals surface area contributed by atoms with Crippen LogP contribution in [0.15, 0.2) is 24.3 Å². The fourth-order valence-corrected chi connectivity index (χ4v) is 1.95. The number of halogens is 1. The molecule has 1 aromatic carbocycles. The number of amides is 1. The summed E-state index contributed by atoms with van der Waals surface area (Å²) >= 11 is 2.19. The molecule has 1 atom stereocenters. The van der Waals surface area contributed by atoms with Crippen molar-refractivity contribution in [3.63, 3.8) is 0 Å². The third-order valence-corrected chi connectivity index (χ3v) is 3.42. The smallest absolute Gasteiger partial charge is 0.237 e. The minimum Gasteiger partial charge on any atom is -0.325 e. The van der Waals surface area contributed by atoms with E-state index in [9.17, 15) is 4.79 Å². The van der Waals surface area contributed by atoms with Gasteiger partial charge in [-0.25, -0.2) is 0 Å². The van der Waals surface area contributed by atoms with E-state index in [-0.39, 0.29) is 9.83 Å². The van der Waals surface area contributed by atoms with Crippen molar-refractivity contribution in [1.29, 1.82) is 0 Å². The number of nitrogens with one attached hydrogen (secondary N) is 1. The van der Waals surface area contributed by atoms with Gasteiger partial charge in [0.25, 0.3) is 0 Å². The van der Waals surface area contributed by atoms with Crippen molar-refractivity contribution >= 4 is 34.2 Å². The number of carbonyl (C=O) groups excluding carboxylic acids is 1. The number of anilines is 1. The second-order valence-electron chi connectivity index (χ2n) is 3.15. The van der Waals surface area contributed by atoms with Gasteiger partial charge in [-0.15, -0.1) is 0 Å². The Balaban J connectivity index is 0.000000531. The van der Waals surface area contributed by atoms with E-state index in [1.165, 1.54) is 5.56 Å². The second kappa shape index (κ2) is 6.10. The quantitative estimate of drug-likeness (QED) is 0.577. The molecule has 0 radical (unpaired) electrons. The number of alkyl halides is 1. The molecule has 2 nitrogen and oxygen atoms in total. The average molecular weight is 317 g/mol. The zero-order valence-corrected chi connectivity index (χ0v) is 11.2. The van der Waals surface area contributed by atoms with Gasteiger partial charge in [0.05, 0.1) is 3.92 Å². The first-order chi connectivity index (χ1) is 7.27. The van der Waals surface area contributed by atoms with Crippen molar-refractivity contribution in [3.8, 4) is 0 Å². The molecule has 1 aliphatic rings. The van der Waals surface area contributed by atoms with E-state index in [1.807, 2.05) is 32.0 Å². The lowest BCUT2D eigenvalue weighted by Gasteiger charge is -2.05. The molecule has 2 rings (SSSR count). The third kappa shape index (κ3) is 3.19. The zero-order chi connectivity index (χ0) is 11.3. The van der Waals surface area contributed by atoms with E-state index in [2.05, 4.69) is 34.0 Å². The Kier molecular flexibility index (Phi) is 5.08. The highest BCUT2D eigenvalue weighted by Gasteiger charge is 2.19. The Morgan fingerprint density at radius 3 is 2.73 bits per heavy atom. The van der Waals surface area contributed by atoms with Crippen LogP contribution in [0.2, 0.25) is 0 Å². The topological polar surface area (TPSA) is 29.1 Å². The van der Waals surface area contributed by atoms with Crippen LogP contribution in [0.5, 0.6) is 0 Å². The number of rotatable bonds is 0. The lowest BCUT2D eigenvalue weighted by molar-refractivity contribution is -0.115. The molecule has 1 aliphatic heterocycles. The van der Waals surface area contributed by atoms with E-state index < -0.39 is 0 Å². The first kappa shape index (κ1) is 12.5. The number of fused-ring (bicyclic) bond motifs is 1. The normalized spacial score (nSPS) is 19.1. The van der Waals surface area contributed by atoms with Crippen LogP contribution in [-0.2, 0) is 11.2 Å². The van der Waals surface area contributed by atoms with Crippen LogP contribution in [0.1, 0.15) is 25.8 Å². The lowest BCUT2D eigenvalue weighted by atomic mass is 10.1. The SMILES string of the molecule is CC.O=C1Nc2ccccc2CCC1I. The highest BCUT2D eigenvalue weighted by molar-refractivity contribution is 14.1. The molecule has 3 heteroatoms. The van der Waals surface area contributed by atoms with Gasteiger partial charge in [0.2, 0.25) is 5.91 Å². The molecule has 0 bridgehead atoms. The summed E-state index contributed by atoms with van der Waals surface area (Å²) in [6, 6.07) is 8.00. The van der Waals surface area contributed by atoms with E-state index in [1.54, 1.807) is 0 Å². The van der Waals surface area contributed by atoms with Gasteiger partial charge in [-0.2, -0.15) is 0 Å². The summed E-state index contributed by atoms with van der Waals surface area (Å²) in [5.74, 6) is 0.130. The van der Waals surface area contributed by atoms with Crippen molar-refractivity contribution in [1.82, 2.24) is 0 Å². The van der Waals surface area contributed by atoms with E-state index in [0.717, 1.165) is 18.5 Å². The molecule has 82 valence electrons. The summed E-state index contributed by atoms with van der Waals surface area (Å²) in [5, 5.41) is 2.93. The van der Waals surface area contributed by atoms with Crippen LogP contribution < -0.4 is 5.32 Å². The Bertz CT molecular complexity index is 338. The fourth-order valence-electron chi connectivity index (χ4n) is 1.48. The lowest BCUT2D eigenvalue weighted by Crippen LogP contribution is -2.20. The molecule has 1 aromatic rings. The van der Waals surface area contributed by atoms with Gasteiger partial charge in [-0.1, -0.05) is 54.6 Å². The Hall–Kier alpha value is -0.580. The predicted molar refractivity (Wildman–Crippen MR) is 72.5 cm³/mol. The molecular formula is C12H16INO. The molecule has 0 spiro atoms. The Morgan fingerprint density at radius 1 is 1.33 bits per heavy atom. The van der Waals surface area contributed by atoms with Crippen molar-refractivity contribution < 1.29 is 4.79 Å². The molecule has 0 saturated heterocycles. The number of aryl methyl sites for hydroxylation is 1. The highest BCUT2D eigenvalue weighted by Crippen LogP contribution is 2.24. The summed E-state index contributed by atoms with van der Waals surface area (Å²) in [4.78, 5) is 11.5. The summed E-state index contributed by atoms with van der Waals surface area (Å²) < 4.78 is 0.102. The van der Waals surface area contributed by atoms with E-state index in [0.29, 0.717) is 0 Å². The summed E-state index contributed by atoms with van der Waals surface area (Å²) in [5.41, 5.74) is 2.22. The predicted octanol–water partition coefficient (Wildman–Crippen LogP) is 3.40. The Morgan fingerprint density at radius 2 is 2.00 bits per heavy atom. The molecule has 0 fully saturated rings. The molecule has 1 heterocycles. The van der Waals surface area contributed by atoms with Crippen LogP contribution in [-0.4, -0.2) is 9.83 Å². The van der Waals surface area contributed by atoms with Gasteiger partial charge in [-0.3, -0.25) is 4.79 Å². The number of benzene rings is 1. The van der Waals surface area contributed by atoms with Crippen molar-refractivity contribution in [2.75, 3.05) is 5.32 Å². The largest absolute Gasteiger partial charge is 0.325 e. The standard InChI is InChI=1S/C10H10INO.C2H6/c11-8-6-5-7-3-1-2-4-9(7)12-10(8)13;1-2/h1-4,8H,5-6H2,(H,12,13);1-2H3. The zero-order valence-electron chi connectivity index (χ0n) is 9.09. The molecule has 0 aliphatic carbocycles. The maximum Gasteiger partial charge on any atom is 0.237 e. The molecule has 1 amide bonds. The molecule has 0 aromatic heterocycles. The molecule has 15 heavy (non-hydrogen) atoms. The van der Waals surface area contributed by atoms with Gasteiger partial charge >= 0.3 is 0 Å². The van der Waals surface area contributed by atoms with Crippen molar-refractivity contribution in [2.45, 2.75) is 30.6 Å². The minimum absolute atomic E-state index is 0.102. The fraction of sp³-hybridized carbons (Fsp3) is 0.417. The monoisotopic (exact) mass is 317 g/mol. The van der Waals surface area contributed by atoms with Gasteiger partial charge in [0.1, 0.15) is 0 Å². The van der Waals surface area contributed by atoms with E-state index >= 15 is 0 Å². The molecular weight excluding hydrogens is 301 g/mol. The summed E-state index contributed by atoms with van der Waals surface area (Å²) in [6.45, 7) is 4.00. The van der Waals surface area contributed by atoms with Crippen LogP contribution in [0.3, 0.4) is 0 Å². The van der Waals surface area contributed by atoms with Crippen molar-refractivity contribution in [2.24, 2.45) is 0 Å².